The number of carbonyl (C=O) groups excluding carboxylic acids is 1. The van der Waals surface area contributed by atoms with Crippen LogP contribution in [0.3, 0.4) is 0 Å². The molecule has 0 fully saturated rings. The summed E-state index contributed by atoms with van der Waals surface area (Å²) < 4.78 is 43.8. The van der Waals surface area contributed by atoms with Crippen LogP contribution in [-0.2, 0) is 6.18 Å². The number of oxazole rings is 1. The van der Waals surface area contributed by atoms with E-state index >= 15 is 0 Å². The lowest BCUT2D eigenvalue weighted by molar-refractivity contribution is -0.137. The van der Waals surface area contributed by atoms with E-state index in [1.54, 1.807) is 36.4 Å². The average Bonchev–Trinajstić information content (AvgIpc) is 3.22. The van der Waals surface area contributed by atoms with Crippen LogP contribution in [-0.4, -0.2) is 15.9 Å². The van der Waals surface area contributed by atoms with Crippen molar-refractivity contribution in [2.75, 3.05) is 5.32 Å². The average molecular weight is 383 g/mol. The van der Waals surface area contributed by atoms with Gasteiger partial charge in [0, 0.05) is 10.9 Å². The Bertz CT molecular complexity index is 1160. The molecule has 8 heteroatoms. The summed E-state index contributed by atoms with van der Waals surface area (Å²) in [5, 5.41) is 3.43. The number of amides is 1. The van der Waals surface area contributed by atoms with Gasteiger partial charge in [-0.25, -0.2) is 9.97 Å². The third-order valence-electron chi connectivity index (χ3n) is 4.12. The number of hydrogen-bond donors (Lipinski definition) is 1. The smallest absolute Gasteiger partial charge is 0.416 e. The Kier molecular flexibility index (Phi) is 4.31. The van der Waals surface area contributed by atoms with Crippen LogP contribution in [0.1, 0.15) is 16.1 Å². The lowest BCUT2D eigenvalue weighted by Gasteiger charge is -2.11. The molecule has 2 aromatic carbocycles. The van der Waals surface area contributed by atoms with Gasteiger partial charge in [0.2, 0.25) is 0 Å². The van der Waals surface area contributed by atoms with Gasteiger partial charge in [0.1, 0.15) is 6.26 Å². The lowest BCUT2D eigenvalue weighted by atomic mass is 10.1. The Hall–Kier alpha value is -3.68. The Labute approximate surface area is 156 Å². The number of aromatic nitrogens is 2. The molecule has 0 atom stereocenters. The third-order valence-corrected chi connectivity index (χ3v) is 4.12. The van der Waals surface area contributed by atoms with E-state index in [1.165, 1.54) is 12.3 Å². The minimum Gasteiger partial charge on any atom is -0.451 e. The molecule has 1 N–H and O–H groups in total. The molecule has 5 nitrogen and oxygen atoms in total. The van der Waals surface area contributed by atoms with Crippen LogP contribution >= 0.6 is 0 Å². The highest BCUT2D eigenvalue weighted by Gasteiger charge is 2.30. The lowest BCUT2D eigenvalue weighted by Crippen LogP contribution is -2.12. The summed E-state index contributed by atoms with van der Waals surface area (Å²) in [6.07, 6.45) is -2.09. The Balaban J connectivity index is 1.75. The van der Waals surface area contributed by atoms with Gasteiger partial charge in [-0.1, -0.05) is 30.3 Å². The van der Waals surface area contributed by atoms with Gasteiger partial charge in [-0.2, -0.15) is 13.2 Å². The van der Waals surface area contributed by atoms with Crippen molar-refractivity contribution in [2.24, 2.45) is 0 Å². The van der Waals surface area contributed by atoms with Crippen molar-refractivity contribution in [1.29, 1.82) is 0 Å². The van der Waals surface area contributed by atoms with Gasteiger partial charge in [-0.15, -0.1) is 0 Å². The van der Waals surface area contributed by atoms with Crippen molar-refractivity contribution in [1.82, 2.24) is 9.97 Å². The number of carbonyl (C=O) groups is 1. The van der Waals surface area contributed by atoms with Gasteiger partial charge in [0.25, 0.3) is 5.91 Å². The molecule has 4 aromatic rings. The van der Waals surface area contributed by atoms with Gasteiger partial charge in [0.15, 0.2) is 12.1 Å². The second-order valence-electron chi connectivity index (χ2n) is 5.98. The molecule has 0 saturated carbocycles. The van der Waals surface area contributed by atoms with Gasteiger partial charge in [-0.3, -0.25) is 4.79 Å². The molecular formula is C20H12F3N3O2. The summed E-state index contributed by atoms with van der Waals surface area (Å²) in [7, 11) is 0. The number of fused-ring (bicyclic) bond motifs is 1. The molecule has 1 amide bonds. The van der Waals surface area contributed by atoms with E-state index in [1.807, 2.05) is 0 Å². The first kappa shape index (κ1) is 17.7. The van der Waals surface area contributed by atoms with Crippen molar-refractivity contribution in [3.05, 3.63) is 78.5 Å². The molecule has 0 aliphatic carbocycles. The quantitative estimate of drug-likeness (QED) is 0.531. The predicted molar refractivity (Wildman–Crippen MR) is 96.6 cm³/mol. The molecule has 140 valence electrons. The Morgan fingerprint density at radius 3 is 2.61 bits per heavy atom. The first-order valence-corrected chi connectivity index (χ1v) is 8.19. The number of hydrogen-bond acceptors (Lipinski definition) is 4. The van der Waals surface area contributed by atoms with Crippen molar-refractivity contribution in [3.8, 4) is 11.3 Å². The van der Waals surface area contributed by atoms with Crippen LogP contribution in [0.2, 0.25) is 0 Å². The highest BCUT2D eigenvalue weighted by molar-refractivity contribution is 6.07. The van der Waals surface area contributed by atoms with E-state index in [0.717, 1.165) is 23.9 Å². The number of para-hydroxylation sites is 1. The van der Waals surface area contributed by atoms with Gasteiger partial charge in [0.05, 0.1) is 22.5 Å². The zero-order valence-electron chi connectivity index (χ0n) is 14.2. The number of alkyl halides is 3. The molecule has 4 rings (SSSR count). The molecule has 0 saturated heterocycles. The molecular weight excluding hydrogens is 371 g/mol. The first-order valence-electron chi connectivity index (χ1n) is 8.19. The first-order chi connectivity index (χ1) is 13.4. The van der Waals surface area contributed by atoms with Crippen LogP contribution in [0, 0.1) is 0 Å². The standard InChI is InChI=1S/C20H12F3N3O2/c21-20(22,23)14-5-1-4-13(9-14)15-8-7-12-3-2-6-16(18(12)25-15)26-19(27)17-10-28-11-24-17/h1-11H,(H,26,27). The van der Waals surface area contributed by atoms with E-state index < -0.39 is 17.6 Å². The fraction of sp³-hybridized carbons (Fsp3) is 0.0500. The number of halogens is 3. The molecule has 0 bridgehead atoms. The maximum Gasteiger partial charge on any atom is 0.416 e. The maximum atomic E-state index is 13.0. The van der Waals surface area contributed by atoms with Crippen molar-refractivity contribution in [2.45, 2.75) is 6.18 Å². The van der Waals surface area contributed by atoms with E-state index in [4.69, 9.17) is 4.42 Å². The number of nitrogens with zero attached hydrogens (tertiary/aromatic N) is 2. The fourth-order valence-electron chi connectivity index (χ4n) is 2.77. The molecule has 2 heterocycles. The van der Waals surface area contributed by atoms with Crippen LogP contribution < -0.4 is 5.32 Å². The zero-order valence-corrected chi connectivity index (χ0v) is 14.2. The van der Waals surface area contributed by atoms with Gasteiger partial charge < -0.3 is 9.73 Å². The second kappa shape index (κ2) is 6.80. The Morgan fingerprint density at radius 1 is 1.04 bits per heavy atom. The maximum absolute atomic E-state index is 13.0. The summed E-state index contributed by atoms with van der Waals surface area (Å²) in [4.78, 5) is 20.5. The SMILES string of the molecule is O=C(Nc1cccc2ccc(-c3cccc(C(F)(F)F)c3)nc12)c1cocn1. The van der Waals surface area contributed by atoms with Crippen LogP contribution in [0.4, 0.5) is 18.9 Å². The van der Waals surface area contributed by atoms with Crippen LogP contribution in [0.25, 0.3) is 22.2 Å². The van der Waals surface area contributed by atoms with Crippen molar-refractivity contribution < 1.29 is 22.4 Å². The van der Waals surface area contributed by atoms with Crippen molar-refractivity contribution >= 4 is 22.5 Å². The zero-order chi connectivity index (χ0) is 19.7. The molecule has 2 aromatic heterocycles. The van der Waals surface area contributed by atoms with E-state index in [2.05, 4.69) is 15.3 Å². The largest absolute Gasteiger partial charge is 0.451 e. The molecule has 28 heavy (non-hydrogen) atoms. The highest BCUT2D eigenvalue weighted by Crippen LogP contribution is 2.32. The molecule has 0 unspecified atom stereocenters. The van der Waals surface area contributed by atoms with Crippen LogP contribution in [0.5, 0.6) is 0 Å². The summed E-state index contributed by atoms with van der Waals surface area (Å²) in [6, 6.07) is 13.5. The number of anilines is 1. The molecule has 0 radical (unpaired) electrons. The van der Waals surface area contributed by atoms with E-state index in [9.17, 15) is 18.0 Å². The summed E-state index contributed by atoms with van der Waals surface area (Å²) in [5.74, 6) is -0.479. The monoisotopic (exact) mass is 383 g/mol. The van der Waals surface area contributed by atoms with Gasteiger partial charge in [-0.05, 0) is 24.3 Å². The highest BCUT2D eigenvalue weighted by atomic mass is 19.4. The summed E-state index contributed by atoms with van der Waals surface area (Å²) in [6.45, 7) is 0. The van der Waals surface area contributed by atoms with Crippen LogP contribution in [0.15, 0.2) is 71.7 Å². The van der Waals surface area contributed by atoms with Crippen molar-refractivity contribution in [3.63, 3.8) is 0 Å². The topological polar surface area (TPSA) is 68.0 Å². The molecule has 0 aliphatic rings. The minimum absolute atomic E-state index is 0.103. The number of rotatable bonds is 3. The van der Waals surface area contributed by atoms with Gasteiger partial charge >= 0.3 is 6.18 Å². The minimum atomic E-state index is -4.44. The fourth-order valence-corrected chi connectivity index (χ4v) is 2.77. The number of nitrogens with one attached hydrogen (secondary N) is 1. The Morgan fingerprint density at radius 2 is 1.86 bits per heavy atom. The number of pyridine rings is 1. The van der Waals surface area contributed by atoms with E-state index in [0.29, 0.717) is 22.5 Å². The van der Waals surface area contributed by atoms with E-state index in [-0.39, 0.29) is 5.69 Å². The number of benzene rings is 2. The third kappa shape index (κ3) is 3.44. The normalized spacial score (nSPS) is 11.5. The summed E-state index contributed by atoms with van der Waals surface area (Å²) in [5.41, 5.74) is 0.912. The predicted octanol–water partition coefficient (Wildman–Crippen LogP) is 5.16. The molecule has 0 aliphatic heterocycles. The summed E-state index contributed by atoms with van der Waals surface area (Å²) >= 11 is 0. The second-order valence-corrected chi connectivity index (χ2v) is 5.98. The molecule has 0 spiro atoms.